The van der Waals surface area contributed by atoms with Crippen molar-refractivity contribution in [1.29, 1.82) is 0 Å². The molecule has 172 valence electrons. The van der Waals surface area contributed by atoms with Crippen molar-refractivity contribution in [3.63, 3.8) is 0 Å². The zero-order valence-corrected chi connectivity index (χ0v) is 19.3. The molecule has 0 bridgehead atoms. The highest BCUT2D eigenvalue weighted by atomic mass is 16.5. The Balaban J connectivity index is 1.91. The van der Waals surface area contributed by atoms with Crippen LogP contribution in [0.15, 0.2) is 29.2 Å². The Morgan fingerprint density at radius 3 is 2.59 bits per heavy atom. The average molecular weight is 442 g/mol. The number of carboxylic acid groups (broad SMARTS) is 1. The van der Waals surface area contributed by atoms with Gasteiger partial charge >= 0.3 is 5.97 Å². The third-order valence-corrected chi connectivity index (χ3v) is 6.95. The Morgan fingerprint density at radius 1 is 1.25 bits per heavy atom. The van der Waals surface area contributed by atoms with E-state index < -0.39 is 16.8 Å². The largest absolute Gasteiger partial charge is 0.493 e. The maximum Gasteiger partial charge on any atom is 0.341 e. The summed E-state index contributed by atoms with van der Waals surface area (Å²) in [6.45, 7) is 8.56. The monoisotopic (exact) mass is 441 g/mol. The van der Waals surface area contributed by atoms with Crippen molar-refractivity contribution in [3.8, 4) is 22.8 Å². The van der Waals surface area contributed by atoms with Crippen molar-refractivity contribution in [3.05, 3.63) is 45.7 Å². The summed E-state index contributed by atoms with van der Waals surface area (Å²) in [4.78, 5) is 24.3. The molecule has 4 rings (SSSR count). The molecule has 1 saturated carbocycles. The number of fused-ring (bicyclic) bond motifs is 6. The van der Waals surface area contributed by atoms with Crippen LogP contribution in [0.4, 0.5) is 0 Å². The molecule has 7 heteroatoms. The summed E-state index contributed by atoms with van der Waals surface area (Å²) in [6, 6.07) is 5.34. The van der Waals surface area contributed by atoms with Crippen LogP contribution in [-0.2, 0) is 0 Å². The van der Waals surface area contributed by atoms with E-state index in [1.54, 1.807) is 7.11 Å². The molecule has 2 atom stereocenters. The molecule has 1 aromatic heterocycles. The predicted molar refractivity (Wildman–Crippen MR) is 121 cm³/mol. The summed E-state index contributed by atoms with van der Waals surface area (Å²) in [7, 11) is 1.57. The summed E-state index contributed by atoms with van der Waals surface area (Å²) >= 11 is 0. The molecule has 2 aliphatic rings. The second kappa shape index (κ2) is 7.66. The number of aliphatic hydroxyl groups excluding tert-OH is 1. The molecule has 0 saturated heterocycles. The van der Waals surface area contributed by atoms with Crippen LogP contribution in [0.5, 0.6) is 11.5 Å². The van der Waals surface area contributed by atoms with Crippen LogP contribution in [0.2, 0.25) is 0 Å². The van der Waals surface area contributed by atoms with E-state index in [4.69, 9.17) is 9.47 Å². The Labute approximate surface area is 187 Å². The predicted octanol–water partition coefficient (Wildman–Crippen LogP) is 4.08. The van der Waals surface area contributed by atoms with Gasteiger partial charge in [-0.3, -0.25) is 4.79 Å². The lowest BCUT2D eigenvalue weighted by Crippen LogP contribution is -2.32. The smallest absolute Gasteiger partial charge is 0.341 e. The quantitative estimate of drug-likeness (QED) is 0.701. The van der Waals surface area contributed by atoms with Gasteiger partial charge in [0.05, 0.1) is 26.0 Å². The van der Waals surface area contributed by atoms with Gasteiger partial charge < -0.3 is 24.3 Å². The number of pyridine rings is 1. The molecule has 0 amide bonds. The number of aromatic carboxylic acids is 1. The number of nitrogens with zero attached hydrogens (tertiary/aromatic N) is 1. The minimum Gasteiger partial charge on any atom is -0.493 e. The van der Waals surface area contributed by atoms with Crippen LogP contribution < -0.4 is 14.9 Å². The second-order valence-corrected chi connectivity index (χ2v) is 10.4. The van der Waals surface area contributed by atoms with E-state index in [1.165, 1.54) is 12.3 Å². The summed E-state index contributed by atoms with van der Waals surface area (Å²) in [5, 5.41) is 19.1. The van der Waals surface area contributed by atoms with Crippen molar-refractivity contribution >= 4 is 5.97 Å². The Hall–Kier alpha value is -2.80. The molecule has 1 aliphatic heterocycles. The molecule has 1 aliphatic carbocycles. The average Bonchev–Trinajstić information content (AvgIpc) is 3.06. The maximum absolute atomic E-state index is 12.6. The van der Waals surface area contributed by atoms with E-state index in [0.29, 0.717) is 23.8 Å². The van der Waals surface area contributed by atoms with Crippen LogP contribution in [0.3, 0.4) is 0 Å². The van der Waals surface area contributed by atoms with E-state index in [-0.39, 0.29) is 29.5 Å². The zero-order chi connectivity index (χ0) is 23.4. The van der Waals surface area contributed by atoms with Crippen molar-refractivity contribution in [2.75, 3.05) is 20.3 Å². The standard InChI is InChI=1S/C25H31NO6/c1-24(2,12-27)13-32-21-8-15-14-6-7-25(3,4)22(14)26-11-17(23(29)30)19(28)10-18(26)16(15)9-20(21)31-5/h8-11,14,22,27H,6-7,12-13H2,1-5H3,(H,29,30)/t14-,22+/m0/s1. The number of ether oxygens (including phenoxy) is 2. The normalized spacial score (nSPS) is 20.8. The molecule has 1 aromatic carbocycles. The van der Waals surface area contributed by atoms with Gasteiger partial charge in [-0.2, -0.15) is 0 Å². The molecule has 2 N–H and O–H groups in total. The summed E-state index contributed by atoms with van der Waals surface area (Å²) in [5.74, 6) is 0.0933. The highest BCUT2D eigenvalue weighted by Gasteiger charge is 2.47. The van der Waals surface area contributed by atoms with Crippen molar-refractivity contribution in [2.24, 2.45) is 10.8 Å². The van der Waals surface area contributed by atoms with Gasteiger partial charge in [0.15, 0.2) is 16.9 Å². The maximum atomic E-state index is 12.6. The van der Waals surface area contributed by atoms with Gasteiger partial charge in [0, 0.05) is 35.2 Å². The van der Waals surface area contributed by atoms with Crippen molar-refractivity contribution in [1.82, 2.24) is 4.57 Å². The number of hydrogen-bond donors (Lipinski definition) is 2. The first-order chi connectivity index (χ1) is 15.0. The lowest BCUT2D eigenvalue weighted by atomic mass is 9.77. The zero-order valence-electron chi connectivity index (χ0n) is 19.3. The van der Waals surface area contributed by atoms with E-state index >= 15 is 0 Å². The van der Waals surface area contributed by atoms with E-state index in [1.807, 2.05) is 30.5 Å². The number of methoxy groups -OCH3 is 1. The summed E-state index contributed by atoms with van der Waals surface area (Å²) in [5.41, 5.74) is 1.47. The highest BCUT2D eigenvalue weighted by Crippen LogP contribution is 2.59. The molecule has 0 spiro atoms. The Kier molecular flexibility index (Phi) is 5.36. The first-order valence-electron chi connectivity index (χ1n) is 10.9. The second-order valence-electron chi connectivity index (χ2n) is 10.4. The molecule has 7 nitrogen and oxygen atoms in total. The van der Waals surface area contributed by atoms with Crippen molar-refractivity contribution < 1.29 is 24.5 Å². The SMILES string of the molecule is COc1cc2c(cc1OCC(C)(C)CO)[C@@H]1CCC(C)(C)[C@@H]1n1cc(C(=O)O)c(=O)cc1-2. The Bertz CT molecular complexity index is 1130. The van der Waals surface area contributed by atoms with E-state index in [9.17, 15) is 19.8 Å². The highest BCUT2D eigenvalue weighted by molar-refractivity contribution is 5.88. The summed E-state index contributed by atoms with van der Waals surface area (Å²) < 4.78 is 13.7. The minimum absolute atomic E-state index is 0.00134. The number of hydrogen-bond acceptors (Lipinski definition) is 5. The number of aromatic nitrogens is 1. The minimum atomic E-state index is -1.21. The van der Waals surface area contributed by atoms with E-state index in [2.05, 4.69) is 13.8 Å². The van der Waals surface area contributed by atoms with E-state index in [0.717, 1.165) is 24.0 Å². The third-order valence-electron chi connectivity index (χ3n) is 6.95. The number of carboxylic acids is 1. The molecule has 1 fully saturated rings. The molecule has 0 radical (unpaired) electrons. The van der Waals surface area contributed by atoms with Crippen LogP contribution in [-0.4, -0.2) is 41.1 Å². The molecular weight excluding hydrogens is 410 g/mol. The van der Waals surface area contributed by atoms with Crippen LogP contribution in [0, 0.1) is 10.8 Å². The van der Waals surface area contributed by atoms with Gasteiger partial charge in [-0.25, -0.2) is 4.79 Å². The first kappa shape index (κ1) is 22.4. The Morgan fingerprint density at radius 2 is 1.97 bits per heavy atom. The number of benzene rings is 1. The number of aliphatic hydroxyl groups is 1. The van der Waals surface area contributed by atoms with Gasteiger partial charge in [0.2, 0.25) is 0 Å². The molecule has 2 aromatic rings. The van der Waals surface area contributed by atoms with Gasteiger partial charge in [0.25, 0.3) is 0 Å². The molecule has 2 heterocycles. The van der Waals surface area contributed by atoms with Crippen molar-refractivity contribution in [2.45, 2.75) is 52.5 Å². The summed E-state index contributed by atoms with van der Waals surface area (Å²) in [6.07, 6.45) is 3.44. The van der Waals surface area contributed by atoms with Gasteiger partial charge in [-0.15, -0.1) is 0 Å². The number of rotatable bonds is 6. The molecular formula is C25H31NO6. The lowest BCUT2D eigenvalue weighted by Gasteiger charge is -2.40. The molecule has 0 unspecified atom stereocenters. The van der Waals surface area contributed by atoms with Gasteiger partial charge in [-0.05, 0) is 36.0 Å². The van der Waals surface area contributed by atoms with Gasteiger partial charge in [-0.1, -0.05) is 27.7 Å². The fourth-order valence-electron chi connectivity index (χ4n) is 5.13. The lowest BCUT2D eigenvalue weighted by molar-refractivity contribution is 0.0693. The van der Waals surface area contributed by atoms with Crippen LogP contribution in [0.1, 0.15) is 68.4 Å². The van der Waals surface area contributed by atoms with Crippen LogP contribution >= 0.6 is 0 Å². The number of carbonyl (C=O) groups is 1. The van der Waals surface area contributed by atoms with Crippen LogP contribution in [0.25, 0.3) is 11.3 Å². The first-order valence-corrected chi connectivity index (χ1v) is 10.9. The fourth-order valence-corrected chi connectivity index (χ4v) is 5.13. The topological polar surface area (TPSA) is 98.0 Å². The van der Waals surface area contributed by atoms with Gasteiger partial charge in [0.1, 0.15) is 5.56 Å². The molecule has 32 heavy (non-hydrogen) atoms. The fraction of sp³-hybridized carbons (Fsp3) is 0.520. The third kappa shape index (κ3) is 3.58.